The van der Waals surface area contributed by atoms with Gasteiger partial charge in [0.05, 0.1) is 13.0 Å². The summed E-state index contributed by atoms with van der Waals surface area (Å²) in [5.41, 5.74) is -2.11. The summed E-state index contributed by atoms with van der Waals surface area (Å²) < 4.78 is 47.0. The van der Waals surface area contributed by atoms with Crippen LogP contribution in [0.5, 0.6) is 0 Å². The Hall–Kier alpha value is -2.46. The van der Waals surface area contributed by atoms with E-state index < -0.39 is 23.8 Å². The molecule has 1 fully saturated rings. The molecule has 0 amide bonds. The Morgan fingerprint density at radius 1 is 1.34 bits per heavy atom. The standard InChI is InChI=1S/C19H18F3N3O3S/c1-28-16(26)15-10-29-17(23-15)25-18(27,19(20,21)22)13-9-12(7-8-14(13)24-25)11-5-3-2-4-6-11/h2-6,10,12-13,27H,7-9H2,1H3/t12-,13-,18+/m1/s1. The van der Waals surface area contributed by atoms with E-state index >= 15 is 0 Å². The molecule has 1 saturated carbocycles. The Labute approximate surface area is 168 Å². The van der Waals surface area contributed by atoms with Crippen LogP contribution in [0.2, 0.25) is 0 Å². The lowest BCUT2D eigenvalue weighted by atomic mass is 9.73. The smallest absolute Gasteiger partial charge is 0.439 e. The molecule has 3 atom stereocenters. The van der Waals surface area contributed by atoms with Gasteiger partial charge in [0.15, 0.2) is 5.69 Å². The third kappa shape index (κ3) is 3.20. The monoisotopic (exact) mass is 425 g/mol. The third-order valence-electron chi connectivity index (χ3n) is 5.46. The van der Waals surface area contributed by atoms with Crippen LogP contribution in [0, 0.1) is 5.92 Å². The summed E-state index contributed by atoms with van der Waals surface area (Å²) in [4.78, 5) is 15.5. The Balaban J connectivity index is 1.70. The number of benzene rings is 1. The Morgan fingerprint density at radius 3 is 2.72 bits per heavy atom. The number of anilines is 1. The van der Waals surface area contributed by atoms with E-state index in [0.717, 1.165) is 24.0 Å². The quantitative estimate of drug-likeness (QED) is 0.754. The zero-order chi connectivity index (χ0) is 20.8. The number of esters is 1. The lowest BCUT2D eigenvalue weighted by molar-refractivity contribution is -0.269. The highest BCUT2D eigenvalue weighted by molar-refractivity contribution is 7.14. The Kier molecular flexibility index (Phi) is 4.86. The predicted molar refractivity (Wildman–Crippen MR) is 101 cm³/mol. The van der Waals surface area contributed by atoms with Crippen LogP contribution in [0.25, 0.3) is 0 Å². The normalized spacial score (nSPS) is 26.8. The number of ether oxygens (including phenoxy) is 1. The van der Waals surface area contributed by atoms with Gasteiger partial charge in [-0.1, -0.05) is 30.3 Å². The first kappa shape index (κ1) is 19.8. The molecule has 2 aliphatic rings. The van der Waals surface area contributed by atoms with E-state index in [9.17, 15) is 23.1 Å². The van der Waals surface area contributed by atoms with Crippen LogP contribution < -0.4 is 5.01 Å². The molecule has 1 aromatic carbocycles. The van der Waals surface area contributed by atoms with Gasteiger partial charge in [-0.2, -0.15) is 23.3 Å². The molecule has 0 radical (unpaired) electrons. The maximum atomic E-state index is 14.1. The second-order valence-electron chi connectivity index (χ2n) is 7.07. The predicted octanol–water partition coefficient (Wildman–Crippen LogP) is 3.94. The molecule has 0 saturated heterocycles. The van der Waals surface area contributed by atoms with E-state index in [1.165, 1.54) is 5.38 Å². The summed E-state index contributed by atoms with van der Waals surface area (Å²) in [6.07, 6.45) is -3.87. The van der Waals surface area contributed by atoms with Crippen LogP contribution >= 0.6 is 11.3 Å². The highest BCUT2D eigenvalue weighted by atomic mass is 32.1. The fraction of sp³-hybridized carbons (Fsp3) is 0.421. The average Bonchev–Trinajstić information content (AvgIpc) is 3.31. The first-order chi connectivity index (χ1) is 13.8. The Morgan fingerprint density at radius 2 is 2.07 bits per heavy atom. The molecule has 6 nitrogen and oxygen atoms in total. The van der Waals surface area contributed by atoms with Crippen molar-refractivity contribution in [2.45, 2.75) is 37.1 Å². The molecule has 1 N–H and O–H groups in total. The van der Waals surface area contributed by atoms with Crippen LogP contribution in [0.15, 0.2) is 40.8 Å². The summed E-state index contributed by atoms with van der Waals surface area (Å²) >= 11 is 0.798. The number of rotatable bonds is 3. The zero-order valence-corrected chi connectivity index (χ0v) is 16.2. The van der Waals surface area contributed by atoms with Gasteiger partial charge in [0, 0.05) is 11.1 Å². The lowest BCUT2D eigenvalue weighted by Gasteiger charge is -2.39. The molecule has 1 aliphatic carbocycles. The molecular weight excluding hydrogens is 407 g/mol. The van der Waals surface area contributed by atoms with Crippen molar-refractivity contribution in [1.29, 1.82) is 0 Å². The fourth-order valence-electron chi connectivity index (χ4n) is 4.00. The van der Waals surface area contributed by atoms with Gasteiger partial charge in [-0.15, -0.1) is 11.3 Å². The van der Waals surface area contributed by atoms with Gasteiger partial charge in [0.2, 0.25) is 5.13 Å². The van der Waals surface area contributed by atoms with E-state index in [1.54, 1.807) is 0 Å². The second-order valence-corrected chi connectivity index (χ2v) is 7.91. The number of carbonyl (C=O) groups is 1. The number of nitrogens with zero attached hydrogens (tertiary/aromatic N) is 3. The molecule has 2 heterocycles. The molecular formula is C19H18F3N3O3S. The van der Waals surface area contributed by atoms with Gasteiger partial charge in [0.25, 0.3) is 5.72 Å². The summed E-state index contributed by atoms with van der Waals surface area (Å²) in [6, 6.07) is 9.31. The Bertz CT molecular complexity index is 947. The number of aromatic nitrogens is 1. The number of thiazole rings is 1. The molecule has 1 aromatic heterocycles. The molecule has 4 rings (SSSR count). The molecule has 1 aliphatic heterocycles. The number of hydrogen-bond acceptors (Lipinski definition) is 7. The number of hydrogen-bond donors (Lipinski definition) is 1. The molecule has 154 valence electrons. The number of hydrazone groups is 1. The highest BCUT2D eigenvalue weighted by Crippen LogP contribution is 2.52. The van der Waals surface area contributed by atoms with E-state index in [2.05, 4.69) is 14.8 Å². The van der Waals surface area contributed by atoms with E-state index in [0.29, 0.717) is 23.6 Å². The third-order valence-corrected chi connectivity index (χ3v) is 6.28. The molecule has 29 heavy (non-hydrogen) atoms. The average molecular weight is 425 g/mol. The van der Waals surface area contributed by atoms with E-state index in [4.69, 9.17) is 0 Å². The van der Waals surface area contributed by atoms with Gasteiger partial charge in [-0.25, -0.2) is 9.78 Å². The van der Waals surface area contributed by atoms with Crippen LogP contribution in [-0.4, -0.2) is 40.8 Å². The lowest BCUT2D eigenvalue weighted by Crippen LogP contribution is -2.60. The van der Waals surface area contributed by atoms with Gasteiger partial charge < -0.3 is 9.84 Å². The van der Waals surface area contributed by atoms with Crippen LogP contribution in [-0.2, 0) is 4.74 Å². The van der Waals surface area contributed by atoms with Crippen LogP contribution in [0.3, 0.4) is 0 Å². The zero-order valence-electron chi connectivity index (χ0n) is 15.4. The number of alkyl halides is 3. The van der Waals surface area contributed by atoms with Crippen molar-refractivity contribution in [3.63, 3.8) is 0 Å². The van der Waals surface area contributed by atoms with Crippen molar-refractivity contribution in [2.24, 2.45) is 11.0 Å². The SMILES string of the molecule is COC(=O)c1csc(N2N=C3CC[C@@H](c4ccccc4)C[C@H]3[C@]2(O)C(F)(F)F)n1. The molecule has 0 bridgehead atoms. The minimum atomic E-state index is -4.97. The largest absolute Gasteiger partial charge is 0.464 e. The number of aliphatic hydroxyl groups is 1. The van der Waals surface area contributed by atoms with E-state index in [-0.39, 0.29) is 23.2 Å². The molecule has 0 spiro atoms. The fourth-order valence-corrected chi connectivity index (χ4v) is 4.79. The summed E-state index contributed by atoms with van der Waals surface area (Å²) in [7, 11) is 1.15. The summed E-state index contributed by atoms with van der Waals surface area (Å²) in [5.74, 6) is -2.10. The number of halogens is 3. The topological polar surface area (TPSA) is 75.0 Å². The number of fused-ring (bicyclic) bond motifs is 1. The van der Waals surface area contributed by atoms with Crippen molar-refractivity contribution in [2.75, 3.05) is 12.1 Å². The van der Waals surface area contributed by atoms with Crippen LogP contribution in [0.4, 0.5) is 18.3 Å². The number of carbonyl (C=O) groups excluding carboxylic acids is 1. The first-order valence-corrected chi connectivity index (χ1v) is 9.89. The highest BCUT2D eigenvalue weighted by Gasteiger charge is 2.68. The van der Waals surface area contributed by atoms with Crippen molar-refractivity contribution in [3.8, 4) is 0 Å². The maximum absolute atomic E-state index is 14.1. The van der Waals surface area contributed by atoms with Crippen molar-refractivity contribution in [1.82, 2.24) is 4.98 Å². The minimum Gasteiger partial charge on any atom is -0.464 e. The minimum absolute atomic E-state index is 0.115. The molecule has 2 aromatic rings. The van der Waals surface area contributed by atoms with Crippen LogP contribution in [0.1, 0.15) is 41.2 Å². The molecule has 0 unspecified atom stereocenters. The molecule has 10 heteroatoms. The second kappa shape index (κ2) is 7.10. The number of methoxy groups -OCH3 is 1. The summed E-state index contributed by atoms with van der Waals surface area (Å²) in [6.45, 7) is 0. The van der Waals surface area contributed by atoms with Crippen molar-refractivity contribution >= 4 is 28.1 Å². The van der Waals surface area contributed by atoms with Gasteiger partial charge >= 0.3 is 12.1 Å². The van der Waals surface area contributed by atoms with Crippen molar-refractivity contribution < 1.29 is 27.8 Å². The first-order valence-electron chi connectivity index (χ1n) is 9.01. The van der Waals surface area contributed by atoms with Gasteiger partial charge in [0.1, 0.15) is 0 Å². The van der Waals surface area contributed by atoms with Crippen molar-refractivity contribution in [3.05, 3.63) is 47.0 Å². The summed E-state index contributed by atoms with van der Waals surface area (Å²) in [5, 5.41) is 16.6. The van der Waals surface area contributed by atoms with Gasteiger partial charge in [-0.05, 0) is 30.7 Å². The van der Waals surface area contributed by atoms with Gasteiger partial charge in [-0.3, -0.25) is 0 Å². The maximum Gasteiger partial charge on any atom is 0.439 e. The van der Waals surface area contributed by atoms with E-state index in [1.807, 2.05) is 30.3 Å².